The number of anilines is 1. The van der Waals surface area contributed by atoms with Crippen molar-refractivity contribution in [3.8, 4) is 6.07 Å². The first-order valence-corrected chi connectivity index (χ1v) is 7.60. The zero-order valence-electron chi connectivity index (χ0n) is 12.6. The molecule has 1 aliphatic rings. The van der Waals surface area contributed by atoms with Gasteiger partial charge in [-0.2, -0.15) is 5.26 Å². The van der Waals surface area contributed by atoms with Crippen molar-refractivity contribution < 1.29 is 4.79 Å². The highest BCUT2D eigenvalue weighted by Gasteiger charge is 2.23. The molecule has 0 radical (unpaired) electrons. The van der Waals surface area contributed by atoms with Crippen molar-refractivity contribution in [3.63, 3.8) is 0 Å². The molecular weight excluding hydrogens is 290 g/mol. The smallest absolute Gasteiger partial charge is 0.270 e. The second kappa shape index (κ2) is 6.88. The Labute approximate surface area is 134 Å². The normalized spacial score (nSPS) is 15.0. The molecule has 6 nitrogen and oxygen atoms in total. The van der Waals surface area contributed by atoms with Gasteiger partial charge in [0.25, 0.3) is 5.91 Å². The zero-order valence-corrected chi connectivity index (χ0v) is 12.6. The fourth-order valence-electron chi connectivity index (χ4n) is 2.73. The van der Waals surface area contributed by atoms with Crippen molar-refractivity contribution in [1.29, 1.82) is 5.26 Å². The third-order valence-corrected chi connectivity index (χ3v) is 3.93. The van der Waals surface area contributed by atoms with Crippen LogP contribution in [-0.2, 0) is 0 Å². The minimum Gasteiger partial charge on any atom is -0.355 e. The summed E-state index contributed by atoms with van der Waals surface area (Å²) in [4.78, 5) is 22.6. The number of aromatic nitrogens is 2. The fraction of sp³-hybridized carbons (Fsp3) is 0.294. The first kappa shape index (κ1) is 15.0. The molecule has 2 aromatic rings. The van der Waals surface area contributed by atoms with Crippen molar-refractivity contribution in [2.24, 2.45) is 0 Å². The quantitative estimate of drug-likeness (QED) is 0.934. The maximum atomic E-state index is 12.1. The van der Waals surface area contributed by atoms with Gasteiger partial charge in [-0.05, 0) is 37.1 Å². The van der Waals surface area contributed by atoms with Crippen LogP contribution >= 0.6 is 0 Å². The lowest BCUT2D eigenvalue weighted by Gasteiger charge is -2.33. The third kappa shape index (κ3) is 3.46. The van der Waals surface area contributed by atoms with Crippen molar-refractivity contribution in [2.75, 3.05) is 18.0 Å². The zero-order chi connectivity index (χ0) is 16.1. The first-order chi connectivity index (χ1) is 11.3. The number of hydrogen-bond donors (Lipinski definition) is 1. The topological polar surface area (TPSA) is 81.9 Å². The second-order valence-corrected chi connectivity index (χ2v) is 5.44. The van der Waals surface area contributed by atoms with Gasteiger partial charge < -0.3 is 10.2 Å². The molecule has 1 aliphatic heterocycles. The standard InChI is InChI=1S/C17H17N5O/c18-12-13-4-3-9-20-16(13)22-10-6-14(7-11-22)21-17(23)15-5-1-2-8-19-15/h1-5,8-9,14H,6-7,10-11H2,(H,21,23). The first-order valence-electron chi connectivity index (χ1n) is 7.60. The summed E-state index contributed by atoms with van der Waals surface area (Å²) < 4.78 is 0. The Balaban J connectivity index is 1.59. The predicted octanol–water partition coefficient (Wildman–Crippen LogP) is 1.75. The van der Waals surface area contributed by atoms with Gasteiger partial charge in [-0.1, -0.05) is 6.07 Å². The summed E-state index contributed by atoms with van der Waals surface area (Å²) in [5.41, 5.74) is 1.02. The molecule has 1 amide bonds. The number of nitrogens with zero attached hydrogens (tertiary/aromatic N) is 4. The van der Waals surface area contributed by atoms with Gasteiger partial charge in [0.15, 0.2) is 0 Å². The molecule has 116 valence electrons. The van der Waals surface area contributed by atoms with Crippen LogP contribution in [0.3, 0.4) is 0 Å². The molecule has 3 heterocycles. The van der Waals surface area contributed by atoms with Crippen LogP contribution in [-0.4, -0.2) is 35.0 Å². The summed E-state index contributed by atoms with van der Waals surface area (Å²) in [6, 6.07) is 11.1. The van der Waals surface area contributed by atoms with E-state index in [-0.39, 0.29) is 11.9 Å². The van der Waals surface area contributed by atoms with Crippen molar-refractivity contribution in [1.82, 2.24) is 15.3 Å². The number of carbonyl (C=O) groups is 1. The average Bonchev–Trinajstić information content (AvgIpc) is 2.63. The van der Waals surface area contributed by atoms with E-state index in [9.17, 15) is 4.79 Å². The molecule has 0 aromatic carbocycles. The van der Waals surface area contributed by atoms with E-state index in [0.717, 1.165) is 31.7 Å². The Morgan fingerprint density at radius 1 is 1.17 bits per heavy atom. The fourth-order valence-corrected chi connectivity index (χ4v) is 2.73. The molecule has 6 heteroatoms. The predicted molar refractivity (Wildman–Crippen MR) is 85.9 cm³/mol. The van der Waals surface area contributed by atoms with Crippen LogP contribution in [0.5, 0.6) is 0 Å². The number of hydrogen-bond acceptors (Lipinski definition) is 5. The van der Waals surface area contributed by atoms with Gasteiger partial charge in [-0.15, -0.1) is 0 Å². The van der Waals surface area contributed by atoms with Crippen LogP contribution in [0.4, 0.5) is 5.82 Å². The number of pyridine rings is 2. The number of nitrogens with one attached hydrogen (secondary N) is 1. The maximum absolute atomic E-state index is 12.1. The summed E-state index contributed by atoms with van der Waals surface area (Å²) in [6.07, 6.45) is 4.95. The van der Waals surface area contributed by atoms with E-state index in [1.165, 1.54) is 0 Å². The molecule has 0 atom stereocenters. The molecular formula is C17H17N5O. The van der Waals surface area contributed by atoms with Gasteiger partial charge in [0.05, 0.1) is 5.56 Å². The van der Waals surface area contributed by atoms with Gasteiger partial charge in [0.2, 0.25) is 0 Å². The lowest BCUT2D eigenvalue weighted by Crippen LogP contribution is -2.45. The second-order valence-electron chi connectivity index (χ2n) is 5.44. The largest absolute Gasteiger partial charge is 0.355 e. The summed E-state index contributed by atoms with van der Waals surface area (Å²) in [5.74, 6) is 0.587. The number of piperidine rings is 1. The van der Waals surface area contributed by atoms with Crippen molar-refractivity contribution in [2.45, 2.75) is 18.9 Å². The van der Waals surface area contributed by atoms with Crippen molar-refractivity contribution in [3.05, 3.63) is 54.0 Å². The number of rotatable bonds is 3. The van der Waals surface area contributed by atoms with Gasteiger partial charge in [0, 0.05) is 31.5 Å². The summed E-state index contributed by atoms with van der Waals surface area (Å²) in [7, 11) is 0. The van der Waals surface area contributed by atoms with Gasteiger partial charge in [0.1, 0.15) is 17.6 Å². The van der Waals surface area contributed by atoms with Gasteiger partial charge in [-0.3, -0.25) is 9.78 Å². The number of amides is 1. The van der Waals surface area contributed by atoms with Gasteiger partial charge in [-0.25, -0.2) is 4.98 Å². The molecule has 2 aromatic heterocycles. The van der Waals surface area contributed by atoms with E-state index in [4.69, 9.17) is 5.26 Å². The highest BCUT2D eigenvalue weighted by molar-refractivity contribution is 5.92. The molecule has 0 bridgehead atoms. The molecule has 0 unspecified atom stereocenters. The maximum Gasteiger partial charge on any atom is 0.270 e. The minimum atomic E-state index is -0.139. The van der Waals surface area contributed by atoms with E-state index in [2.05, 4.69) is 26.3 Å². The Morgan fingerprint density at radius 3 is 2.65 bits per heavy atom. The van der Waals surface area contributed by atoms with Gasteiger partial charge >= 0.3 is 0 Å². The summed E-state index contributed by atoms with van der Waals surface area (Å²) in [5, 5.41) is 12.2. The van der Waals surface area contributed by atoms with Crippen LogP contribution in [0, 0.1) is 11.3 Å². The highest BCUT2D eigenvalue weighted by Crippen LogP contribution is 2.21. The number of nitriles is 1. The molecule has 0 saturated carbocycles. The monoisotopic (exact) mass is 307 g/mol. The van der Waals surface area contributed by atoms with Crippen LogP contribution in [0.1, 0.15) is 28.9 Å². The van der Waals surface area contributed by atoms with Crippen molar-refractivity contribution >= 4 is 11.7 Å². The molecule has 23 heavy (non-hydrogen) atoms. The van der Waals surface area contributed by atoms with E-state index in [0.29, 0.717) is 11.3 Å². The van der Waals surface area contributed by atoms with Crippen LogP contribution in [0.15, 0.2) is 42.7 Å². The Hall–Kier alpha value is -2.94. The SMILES string of the molecule is N#Cc1cccnc1N1CCC(NC(=O)c2ccccn2)CC1. The Bertz CT molecular complexity index is 717. The molecule has 0 aliphatic carbocycles. The molecule has 3 rings (SSSR count). The summed E-state index contributed by atoms with van der Waals surface area (Å²) >= 11 is 0. The lowest BCUT2D eigenvalue weighted by atomic mass is 10.0. The average molecular weight is 307 g/mol. The summed E-state index contributed by atoms with van der Waals surface area (Å²) in [6.45, 7) is 1.53. The lowest BCUT2D eigenvalue weighted by molar-refractivity contribution is 0.0926. The Kier molecular flexibility index (Phi) is 4.48. The van der Waals surface area contributed by atoms with E-state index in [1.807, 2.05) is 0 Å². The van der Waals surface area contributed by atoms with E-state index < -0.39 is 0 Å². The number of carbonyl (C=O) groups excluding carboxylic acids is 1. The molecule has 1 fully saturated rings. The third-order valence-electron chi connectivity index (χ3n) is 3.93. The molecule has 0 spiro atoms. The van der Waals surface area contributed by atoms with E-state index in [1.54, 1.807) is 42.7 Å². The Morgan fingerprint density at radius 2 is 1.96 bits per heavy atom. The highest BCUT2D eigenvalue weighted by atomic mass is 16.1. The minimum absolute atomic E-state index is 0.120. The van der Waals surface area contributed by atoms with Crippen LogP contribution < -0.4 is 10.2 Å². The molecule has 1 saturated heterocycles. The molecule has 1 N–H and O–H groups in total. The van der Waals surface area contributed by atoms with Crippen LogP contribution in [0.25, 0.3) is 0 Å². The van der Waals surface area contributed by atoms with E-state index >= 15 is 0 Å². The van der Waals surface area contributed by atoms with Crippen LogP contribution in [0.2, 0.25) is 0 Å².